The molecule has 2 nitrogen and oxygen atoms in total. The summed E-state index contributed by atoms with van der Waals surface area (Å²) >= 11 is 0. The first kappa shape index (κ1) is 12.8. The minimum atomic E-state index is 0.294. The second-order valence-electron chi connectivity index (χ2n) is 6.10. The summed E-state index contributed by atoms with van der Waals surface area (Å²) in [7, 11) is 0. The molecule has 2 heteroatoms. The molecule has 0 bridgehead atoms. The van der Waals surface area contributed by atoms with Gasteiger partial charge in [0.1, 0.15) is 5.78 Å². The Morgan fingerprint density at radius 3 is 2.43 bits per heavy atom. The molecule has 21 heavy (non-hydrogen) atoms. The van der Waals surface area contributed by atoms with Gasteiger partial charge in [-0.25, -0.2) is 0 Å². The van der Waals surface area contributed by atoms with Crippen molar-refractivity contribution in [1.82, 2.24) is 4.90 Å². The van der Waals surface area contributed by atoms with E-state index in [1.807, 2.05) is 0 Å². The molecule has 2 aromatic carbocycles. The number of fused-ring (bicyclic) bond motifs is 3. The molecule has 2 heterocycles. The highest BCUT2D eigenvalue weighted by Gasteiger charge is 2.36. The van der Waals surface area contributed by atoms with Crippen LogP contribution in [-0.2, 0) is 4.79 Å². The van der Waals surface area contributed by atoms with Crippen molar-refractivity contribution in [3.63, 3.8) is 0 Å². The van der Waals surface area contributed by atoms with Crippen molar-refractivity contribution >= 4 is 5.78 Å². The standard InChI is InChI=1S/C19H19NO/c21-15-10-11-20-13-18(14-6-2-1-3-7-14)16-8-4-5-9-17(16)19(20)12-15/h1-9,18-19H,10-13H2/t18-,19-/m0/s1. The fourth-order valence-electron chi connectivity index (χ4n) is 3.83. The highest BCUT2D eigenvalue weighted by Crippen LogP contribution is 2.42. The maximum Gasteiger partial charge on any atom is 0.136 e. The van der Waals surface area contributed by atoms with Crippen LogP contribution in [0.15, 0.2) is 54.6 Å². The molecule has 0 saturated carbocycles. The van der Waals surface area contributed by atoms with E-state index in [1.165, 1.54) is 16.7 Å². The normalized spacial score (nSPS) is 25.2. The van der Waals surface area contributed by atoms with Crippen molar-refractivity contribution in [2.45, 2.75) is 24.8 Å². The molecule has 2 atom stereocenters. The molecule has 0 aliphatic carbocycles. The zero-order chi connectivity index (χ0) is 14.2. The van der Waals surface area contributed by atoms with E-state index in [0.29, 0.717) is 30.6 Å². The van der Waals surface area contributed by atoms with Crippen molar-refractivity contribution in [2.75, 3.05) is 13.1 Å². The Morgan fingerprint density at radius 2 is 1.62 bits per heavy atom. The smallest absolute Gasteiger partial charge is 0.136 e. The van der Waals surface area contributed by atoms with Crippen LogP contribution in [0.5, 0.6) is 0 Å². The number of rotatable bonds is 1. The molecule has 0 radical (unpaired) electrons. The first-order valence-corrected chi connectivity index (χ1v) is 7.72. The summed E-state index contributed by atoms with van der Waals surface area (Å²) < 4.78 is 0. The number of benzene rings is 2. The third-order valence-corrected chi connectivity index (χ3v) is 4.89. The molecule has 0 N–H and O–H groups in total. The second kappa shape index (κ2) is 5.12. The molecule has 0 unspecified atom stereocenters. The summed E-state index contributed by atoms with van der Waals surface area (Å²) in [4.78, 5) is 14.4. The molecule has 2 aliphatic heterocycles. The number of piperidine rings is 1. The Labute approximate surface area is 125 Å². The van der Waals surface area contributed by atoms with Crippen LogP contribution < -0.4 is 0 Å². The Balaban J connectivity index is 1.80. The summed E-state index contributed by atoms with van der Waals surface area (Å²) in [5, 5.41) is 0. The molecular formula is C19H19NO. The quantitative estimate of drug-likeness (QED) is 0.794. The predicted octanol–water partition coefficient (Wildman–Crippen LogP) is 3.54. The van der Waals surface area contributed by atoms with Crippen LogP contribution in [0.4, 0.5) is 0 Å². The van der Waals surface area contributed by atoms with E-state index in [0.717, 1.165) is 13.1 Å². The van der Waals surface area contributed by atoms with Crippen molar-refractivity contribution in [1.29, 1.82) is 0 Å². The fourth-order valence-corrected chi connectivity index (χ4v) is 3.83. The van der Waals surface area contributed by atoms with Crippen molar-refractivity contribution in [3.05, 3.63) is 71.3 Å². The van der Waals surface area contributed by atoms with Crippen molar-refractivity contribution < 1.29 is 4.79 Å². The zero-order valence-electron chi connectivity index (χ0n) is 12.0. The van der Waals surface area contributed by atoms with Gasteiger partial charge in [-0.05, 0) is 16.7 Å². The third kappa shape index (κ3) is 2.20. The Hall–Kier alpha value is -1.93. The monoisotopic (exact) mass is 277 g/mol. The maximum absolute atomic E-state index is 11.9. The van der Waals surface area contributed by atoms with Crippen molar-refractivity contribution in [3.8, 4) is 0 Å². The summed E-state index contributed by atoms with van der Waals surface area (Å²) in [6, 6.07) is 19.7. The molecular weight excluding hydrogens is 258 g/mol. The van der Waals surface area contributed by atoms with Crippen LogP contribution in [0, 0.1) is 0 Å². The van der Waals surface area contributed by atoms with E-state index in [2.05, 4.69) is 59.5 Å². The number of carbonyl (C=O) groups excluding carboxylic acids is 1. The van der Waals surface area contributed by atoms with Crippen molar-refractivity contribution in [2.24, 2.45) is 0 Å². The lowest BCUT2D eigenvalue weighted by Crippen LogP contribution is -2.43. The van der Waals surface area contributed by atoms with E-state index in [1.54, 1.807) is 0 Å². The molecule has 0 amide bonds. The Kier molecular flexibility index (Phi) is 3.12. The van der Waals surface area contributed by atoms with Crippen LogP contribution in [0.3, 0.4) is 0 Å². The number of carbonyl (C=O) groups is 1. The number of nitrogens with zero attached hydrogens (tertiary/aromatic N) is 1. The second-order valence-corrected chi connectivity index (χ2v) is 6.10. The van der Waals surface area contributed by atoms with Gasteiger partial charge in [-0.3, -0.25) is 9.69 Å². The van der Waals surface area contributed by atoms with Gasteiger partial charge in [0.2, 0.25) is 0 Å². The van der Waals surface area contributed by atoms with Gasteiger partial charge < -0.3 is 0 Å². The van der Waals surface area contributed by atoms with Gasteiger partial charge in [0.25, 0.3) is 0 Å². The van der Waals surface area contributed by atoms with E-state index in [-0.39, 0.29) is 0 Å². The van der Waals surface area contributed by atoms with Crippen LogP contribution in [0.25, 0.3) is 0 Å². The van der Waals surface area contributed by atoms with Crippen LogP contribution in [-0.4, -0.2) is 23.8 Å². The molecule has 106 valence electrons. The van der Waals surface area contributed by atoms with E-state index in [4.69, 9.17) is 0 Å². The van der Waals surface area contributed by atoms with Crippen LogP contribution in [0.1, 0.15) is 41.5 Å². The topological polar surface area (TPSA) is 20.3 Å². The molecule has 2 aromatic rings. The molecule has 1 saturated heterocycles. The van der Waals surface area contributed by atoms with Gasteiger partial charge in [-0.1, -0.05) is 54.6 Å². The van der Waals surface area contributed by atoms with Crippen LogP contribution in [0.2, 0.25) is 0 Å². The lowest BCUT2D eigenvalue weighted by atomic mass is 9.78. The SMILES string of the molecule is O=C1CCN2C[C@@H](c3ccccc3)c3ccccc3[C@@H]2C1. The van der Waals surface area contributed by atoms with E-state index in [9.17, 15) is 4.79 Å². The zero-order valence-corrected chi connectivity index (χ0v) is 12.0. The first-order valence-electron chi connectivity index (χ1n) is 7.72. The minimum absolute atomic E-state index is 0.294. The maximum atomic E-state index is 11.9. The summed E-state index contributed by atoms with van der Waals surface area (Å²) in [5.74, 6) is 0.830. The Bertz CT molecular complexity index is 664. The highest BCUT2D eigenvalue weighted by molar-refractivity contribution is 5.80. The Morgan fingerprint density at radius 1 is 0.905 bits per heavy atom. The van der Waals surface area contributed by atoms with E-state index >= 15 is 0 Å². The molecule has 1 fully saturated rings. The van der Waals surface area contributed by atoms with E-state index < -0.39 is 0 Å². The predicted molar refractivity (Wildman–Crippen MR) is 83.3 cm³/mol. The van der Waals surface area contributed by atoms with Gasteiger partial charge >= 0.3 is 0 Å². The number of ketones is 1. The molecule has 0 spiro atoms. The molecule has 2 aliphatic rings. The molecule has 4 rings (SSSR count). The van der Waals surface area contributed by atoms with Crippen LogP contribution >= 0.6 is 0 Å². The largest absolute Gasteiger partial charge is 0.300 e. The highest BCUT2D eigenvalue weighted by atomic mass is 16.1. The van der Waals surface area contributed by atoms with Gasteiger partial charge in [-0.15, -0.1) is 0 Å². The molecule has 0 aromatic heterocycles. The number of Topliss-reactive ketones (excluding diaryl/α,β-unsaturated/α-hetero) is 1. The summed E-state index contributed by atoms with van der Waals surface area (Å²) in [6.45, 7) is 1.93. The van der Waals surface area contributed by atoms with Gasteiger partial charge in [0.15, 0.2) is 0 Å². The minimum Gasteiger partial charge on any atom is -0.300 e. The lowest BCUT2D eigenvalue weighted by molar-refractivity contribution is -0.123. The lowest BCUT2D eigenvalue weighted by Gasteiger charge is -2.43. The summed E-state index contributed by atoms with van der Waals surface area (Å²) in [6.07, 6.45) is 1.39. The average molecular weight is 277 g/mol. The average Bonchev–Trinajstić information content (AvgIpc) is 2.55. The summed E-state index contributed by atoms with van der Waals surface area (Å²) in [5.41, 5.74) is 4.13. The fraction of sp³-hybridized carbons (Fsp3) is 0.316. The number of hydrogen-bond donors (Lipinski definition) is 0. The van der Waals surface area contributed by atoms with Gasteiger partial charge in [0, 0.05) is 37.9 Å². The van der Waals surface area contributed by atoms with Gasteiger partial charge in [-0.2, -0.15) is 0 Å². The first-order chi connectivity index (χ1) is 10.3. The third-order valence-electron chi connectivity index (χ3n) is 4.89. The van der Waals surface area contributed by atoms with Gasteiger partial charge in [0.05, 0.1) is 0 Å². The number of hydrogen-bond acceptors (Lipinski definition) is 2.